The van der Waals surface area contributed by atoms with Gasteiger partial charge in [0.05, 0.1) is 16.6 Å². The van der Waals surface area contributed by atoms with Gasteiger partial charge >= 0.3 is 5.97 Å². The highest BCUT2D eigenvalue weighted by molar-refractivity contribution is 5.92. The van der Waals surface area contributed by atoms with Crippen molar-refractivity contribution in [1.29, 1.82) is 0 Å². The normalized spacial score (nSPS) is 10.3. The minimum atomic E-state index is -0.967. The third-order valence-electron chi connectivity index (χ3n) is 2.60. The second kappa shape index (κ2) is 5.85. The van der Waals surface area contributed by atoms with Crippen molar-refractivity contribution in [2.24, 2.45) is 0 Å². The molecule has 4 N–H and O–H groups in total. The van der Waals surface area contributed by atoms with Crippen LogP contribution >= 0.6 is 0 Å². The molecule has 0 unspecified atom stereocenters. The molecule has 0 atom stereocenters. The number of nitrogens with one attached hydrogen (secondary N) is 3. The van der Waals surface area contributed by atoms with Crippen LogP contribution in [0.4, 0.5) is 5.95 Å². The van der Waals surface area contributed by atoms with E-state index in [1.807, 2.05) is 0 Å². The second-order valence-electron chi connectivity index (χ2n) is 3.97. The Hall–Kier alpha value is -2.57. The Kier molecular flexibility index (Phi) is 3.97. The summed E-state index contributed by atoms with van der Waals surface area (Å²) in [5, 5.41) is 14.5. The van der Waals surface area contributed by atoms with Gasteiger partial charge in [0.15, 0.2) is 0 Å². The van der Waals surface area contributed by atoms with Crippen molar-refractivity contribution in [3.05, 3.63) is 23.8 Å². The van der Waals surface area contributed by atoms with E-state index in [1.165, 1.54) is 6.07 Å². The molecule has 19 heavy (non-hydrogen) atoms. The van der Waals surface area contributed by atoms with Crippen LogP contribution in [-0.2, 0) is 4.79 Å². The number of carboxylic acids is 1. The number of nitrogens with zero attached hydrogens (tertiary/aromatic N) is 1. The number of carbonyl (C=O) groups is 2. The molecule has 100 valence electrons. The van der Waals surface area contributed by atoms with Crippen molar-refractivity contribution in [2.45, 2.75) is 6.42 Å². The quantitative estimate of drug-likeness (QED) is 0.436. The van der Waals surface area contributed by atoms with Crippen molar-refractivity contribution in [2.75, 3.05) is 18.4 Å². The van der Waals surface area contributed by atoms with E-state index < -0.39 is 5.97 Å². The fourth-order valence-electron chi connectivity index (χ4n) is 1.68. The summed E-state index contributed by atoms with van der Waals surface area (Å²) < 4.78 is 0. The lowest BCUT2D eigenvalue weighted by atomic mass is 10.2. The summed E-state index contributed by atoms with van der Waals surface area (Å²) in [4.78, 5) is 28.2. The number of fused-ring (bicyclic) bond motifs is 1. The fourth-order valence-corrected chi connectivity index (χ4v) is 1.68. The van der Waals surface area contributed by atoms with Gasteiger partial charge in [-0.05, 0) is 24.6 Å². The van der Waals surface area contributed by atoms with Crippen molar-refractivity contribution < 1.29 is 14.7 Å². The SMILES string of the molecule is O=CNCCCNc1nc2ccc(C(=O)O)cc2[nH]1. The van der Waals surface area contributed by atoms with Gasteiger partial charge < -0.3 is 20.7 Å². The summed E-state index contributed by atoms with van der Waals surface area (Å²) in [5.74, 6) is -0.380. The maximum absolute atomic E-state index is 10.8. The lowest BCUT2D eigenvalue weighted by Gasteiger charge is -2.01. The molecule has 7 nitrogen and oxygen atoms in total. The Morgan fingerprint density at radius 2 is 2.26 bits per heavy atom. The molecule has 0 aliphatic rings. The van der Waals surface area contributed by atoms with Gasteiger partial charge in [-0.25, -0.2) is 9.78 Å². The largest absolute Gasteiger partial charge is 0.478 e. The van der Waals surface area contributed by atoms with Gasteiger partial charge in [-0.2, -0.15) is 0 Å². The lowest BCUT2D eigenvalue weighted by Crippen LogP contribution is -2.16. The minimum absolute atomic E-state index is 0.220. The molecule has 0 aliphatic carbocycles. The Labute approximate surface area is 109 Å². The van der Waals surface area contributed by atoms with Crippen molar-refractivity contribution in [3.8, 4) is 0 Å². The molecule has 0 radical (unpaired) electrons. The van der Waals surface area contributed by atoms with Crippen LogP contribution in [0.25, 0.3) is 11.0 Å². The number of benzene rings is 1. The number of carbonyl (C=O) groups excluding carboxylic acids is 1. The van der Waals surface area contributed by atoms with Crippen LogP contribution in [-0.4, -0.2) is 40.5 Å². The third-order valence-corrected chi connectivity index (χ3v) is 2.60. The van der Waals surface area contributed by atoms with E-state index in [1.54, 1.807) is 12.1 Å². The number of hydrogen-bond donors (Lipinski definition) is 4. The molecule has 1 aromatic carbocycles. The fraction of sp³-hybridized carbons (Fsp3) is 0.250. The van der Waals surface area contributed by atoms with E-state index in [4.69, 9.17) is 5.11 Å². The number of aromatic amines is 1. The van der Waals surface area contributed by atoms with Gasteiger partial charge in [-0.1, -0.05) is 0 Å². The van der Waals surface area contributed by atoms with Gasteiger partial charge in [0, 0.05) is 13.1 Å². The van der Waals surface area contributed by atoms with Gasteiger partial charge in [-0.3, -0.25) is 4.79 Å². The first-order chi connectivity index (χ1) is 9.20. The number of hydrogen-bond acceptors (Lipinski definition) is 4. The Morgan fingerprint density at radius 3 is 3.00 bits per heavy atom. The number of aromatic nitrogens is 2. The molecule has 2 rings (SSSR count). The summed E-state index contributed by atoms with van der Waals surface area (Å²) in [6, 6.07) is 4.72. The van der Waals surface area contributed by atoms with Crippen LogP contribution in [0.2, 0.25) is 0 Å². The first-order valence-electron chi connectivity index (χ1n) is 5.84. The molecule has 0 fully saturated rings. The zero-order chi connectivity index (χ0) is 13.7. The highest BCUT2D eigenvalue weighted by atomic mass is 16.4. The molecule has 0 bridgehead atoms. The Balaban J connectivity index is 2.00. The molecule has 1 aromatic heterocycles. The highest BCUT2D eigenvalue weighted by Crippen LogP contribution is 2.16. The number of rotatable bonds is 7. The molecule has 2 aromatic rings. The molecule has 7 heteroatoms. The maximum atomic E-state index is 10.8. The third kappa shape index (κ3) is 3.21. The first-order valence-corrected chi connectivity index (χ1v) is 5.84. The van der Waals surface area contributed by atoms with E-state index >= 15 is 0 Å². The van der Waals surface area contributed by atoms with Gasteiger partial charge in [0.2, 0.25) is 12.4 Å². The van der Waals surface area contributed by atoms with Crippen LogP contribution in [0.15, 0.2) is 18.2 Å². The Morgan fingerprint density at radius 1 is 1.42 bits per heavy atom. The molecule has 0 saturated carbocycles. The zero-order valence-electron chi connectivity index (χ0n) is 10.1. The molecule has 0 aliphatic heterocycles. The number of aromatic carboxylic acids is 1. The predicted molar refractivity (Wildman–Crippen MR) is 70.2 cm³/mol. The summed E-state index contributed by atoms with van der Waals surface area (Å²) in [6.45, 7) is 1.26. The second-order valence-corrected chi connectivity index (χ2v) is 3.97. The molecule has 1 amide bonds. The van der Waals surface area contributed by atoms with Crippen molar-refractivity contribution in [1.82, 2.24) is 15.3 Å². The van der Waals surface area contributed by atoms with E-state index in [0.717, 1.165) is 6.42 Å². The first kappa shape index (κ1) is 12.9. The van der Waals surface area contributed by atoms with Gasteiger partial charge in [0.25, 0.3) is 0 Å². The number of carboxylic acid groups (broad SMARTS) is 1. The molecule has 0 spiro atoms. The number of H-pyrrole nitrogens is 1. The predicted octanol–water partition coefficient (Wildman–Crippen LogP) is 0.809. The summed E-state index contributed by atoms with van der Waals surface area (Å²) in [7, 11) is 0. The van der Waals surface area contributed by atoms with Gasteiger partial charge in [0.1, 0.15) is 0 Å². The highest BCUT2D eigenvalue weighted by Gasteiger charge is 2.07. The summed E-state index contributed by atoms with van der Waals surface area (Å²) in [5.41, 5.74) is 1.60. The van der Waals surface area contributed by atoms with Crippen LogP contribution in [0.1, 0.15) is 16.8 Å². The average Bonchev–Trinajstić information content (AvgIpc) is 2.80. The van der Waals surface area contributed by atoms with E-state index in [0.29, 0.717) is 36.5 Å². The maximum Gasteiger partial charge on any atom is 0.335 e. The monoisotopic (exact) mass is 262 g/mol. The van der Waals surface area contributed by atoms with Crippen LogP contribution in [0.5, 0.6) is 0 Å². The van der Waals surface area contributed by atoms with Crippen LogP contribution in [0.3, 0.4) is 0 Å². The zero-order valence-corrected chi connectivity index (χ0v) is 10.1. The summed E-state index contributed by atoms with van der Waals surface area (Å²) >= 11 is 0. The number of anilines is 1. The van der Waals surface area contributed by atoms with Crippen molar-refractivity contribution >= 4 is 29.4 Å². The minimum Gasteiger partial charge on any atom is -0.478 e. The lowest BCUT2D eigenvalue weighted by molar-refractivity contribution is -0.109. The van der Waals surface area contributed by atoms with Crippen LogP contribution in [0, 0.1) is 0 Å². The number of imidazole rings is 1. The van der Waals surface area contributed by atoms with E-state index in [-0.39, 0.29) is 5.56 Å². The van der Waals surface area contributed by atoms with Crippen LogP contribution < -0.4 is 10.6 Å². The smallest absolute Gasteiger partial charge is 0.335 e. The molecule has 1 heterocycles. The average molecular weight is 262 g/mol. The van der Waals surface area contributed by atoms with E-state index in [9.17, 15) is 9.59 Å². The molecular weight excluding hydrogens is 248 g/mol. The van der Waals surface area contributed by atoms with E-state index in [2.05, 4.69) is 20.6 Å². The Bertz CT molecular complexity index is 594. The summed E-state index contributed by atoms with van der Waals surface area (Å²) in [6.07, 6.45) is 1.44. The molecular formula is C12H14N4O3. The van der Waals surface area contributed by atoms with Crippen molar-refractivity contribution in [3.63, 3.8) is 0 Å². The number of amides is 1. The van der Waals surface area contributed by atoms with Gasteiger partial charge in [-0.15, -0.1) is 0 Å². The molecule has 0 saturated heterocycles. The standard InChI is InChI=1S/C12H14N4O3/c17-7-13-4-1-5-14-12-15-9-3-2-8(11(18)19)6-10(9)16-12/h2-3,6-7H,1,4-5H2,(H,13,17)(H,18,19)(H2,14,15,16). The topological polar surface area (TPSA) is 107 Å².